The predicted octanol–water partition coefficient (Wildman–Crippen LogP) is 15.5. The highest BCUT2D eigenvalue weighted by atomic mass is 31.2. The fourth-order valence-electron chi connectivity index (χ4n) is 19.3. The van der Waals surface area contributed by atoms with Gasteiger partial charge in [0.2, 0.25) is 25.3 Å². The summed E-state index contributed by atoms with van der Waals surface area (Å²) in [6, 6.07) is 3.24. The molecule has 7 fully saturated rings. The van der Waals surface area contributed by atoms with Crippen LogP contribution in [0.15, 0.2) is 0 Å². The lowest BCUT2D eigenvalue weighted by Gasteiger charge is -2.30. The van der Waals surface area contributed by atoms with Crippen LogP contribution in [0.25, 0.3) is 0 Å². The van der Waals surface area contributed by atoms with Crippen molar-refractivity contribution in [3.05, 3.63) is 0 Å². The minimum atomic E-state index is -4.43. The molecule has 7 saturated heterocycles. The van der Waals surface area contributed by atoms with Crippen molar-refractivity contribution >= 4 is 58.8 Å². The average molecular weight is 2070 g/mol. The van der Waals surface area contributed by atoms with Crippen LogP contribution in [0, 0.1) is 23.7 Å². The molecule has 7 aliphatic rings. The van der Waals surface area contributed by atoms with Crippen LogP contribution in [0.5, 0.6) is 0 Å². The number of nitrogens with one attached hydrogen (secondary N) is 3. The van der Waals surface area contributed by atoms with Crippen molar-refractivity contribution in [2.24, 2.45) is 23.7 Å². The highest BCUT2D eigenvalue weighted by Gasteiger charge is 2.45. The maximum atomic E-state index is 12.8. The topological polar surface area (TPSA) is 379 Å². The molecule has 7 aliphatic heterocycles. The van der Waals surface area contributed by atoms with E-state index in [2.05, 4.69) is 180 Å². The first kappa shape index (κ1) is 133. The maximum Gasteiger partial charge on any atom is 0.472 e. The average Bonchev–Trinajstić information content (AvgIpc) is 1.71. The van der Waals surface area contributed by atoms with Crippen molar-refractivity contribution in [3.63, 3.8) is 0 Å². The molecule has 7 rings (SSSR count). The van der Waals surface area contributed by atoms with Crippen molar-refractivity contribution in [3.8, 4) is 0 Å². The Morgan fingerprint density at radius 1 is 0.383 bits per heavy atom. The molecule has 37 heteroatoms. The standard InChI is InChI=1S/C28H60N4O9P2.C22H42N2O3.C20H41N2O5P.C17H31NO4.C17H33NO3/c1-19(2)29-24-11-26(31(13-24)21(5)6)15-37-42(33,34)39-17-28(41-23(9)10)18-40-43(35,36)38-16-27-12-25(30-20(3)4)14-32(27)22(7)8;1-16(2)8-7-9-21(25)13-19-12-20(15-27-18(5)6)24(14-19)22(26)10-11-23-17(3)4;1-14(2)21-11-20(8-17(21)12-23)27-28(7,24)25-13-18-9-19(26-16(5)6)10-22(18)15(3)4;1-11(2)16(19)8-17(20)18-9-15(22-13(5)6)7-14(18)10-21-12(3)4;1-12(2)7-8-17(19)18-10-16(21-14(5)6)9-15(18)11-20-13(3)4/h19-30H,11-18H2,1-10H3,(H,33,34)(H,35,36);16-20,23H,7-15H2,1-6H3;14-20,23-24H,7-13H2,1-6H3;11-15H,7-10H2,1-6H3;12-16H,7-11H2,1-6H3/t;;;14-,15+;15-,16+/m...00/s1. The van der Waals surface area contributed by atoms with Gasteiger partial charge in [-0.3, -0.25) is 61.7 Å². The number of aliphatic hydroxyl groups is 1. The van der Waals surface area contributed by atoms with E-state index in [-0.39, 0.29) is 208 Å². The fourth-order valence-corrected chi connectivity index (χ4v) is 22.0. The van der Waals surface area contributed by atoms with Gasteiger partial charge in [-0.2, -0.15) is 0 Å². The summed E-state index contributed by atoms with van der Waals surface area (Å²) in [4.78, 5) is 108. The summed E-state index contributed by atoms with van der Waals surface area (Å²) in [5, 5.41) is 20.0. The molecule has 0 bridgehead atoms. The second-order valence-electron chi connectivity index (χ2n) is 45.4. The zero-order valence-electron chi connectivity index (χ0n) is 94.2. The van der Waals surface area contributed by atoms with Gasteiger partial charge in [0.05, 0.1) is 151 Å². The molecule has 17 atom stereocenters. The Morgan fingerprint density at radius 3 is 1.15 bits per heavy atom. The second-order valence-corrected chi connectivity index (χ2v) is 50.0. The molecule has 7 N–H and O–H groups in total. The van der Waals surface area contributed by atoms with Gasteiger partial charge in [0, 0.05) is 163 Å². The molecule has 0 aromatic heterocycles. The number of hydrogen-bond acceptors (Lipinski definition) is 29. The van der Waals surface area contributed by atoms with Crippen LogP contribution in [-0.2, 0) is 93.4 Å². The van der Waals surface area contributed by atoms with E-state index in [1.165, 1.54) is 0 Å². The molecule has 13 unspecified atom stereocenters. The van der Waals surface area contributed by atoms with E-state index in [1.807, 2.05) is 92.9 Å². The van der Waals surface area contributed by atoms with Crippen LogP contribution in [0.1, 0.15) is 332 Å². The van der Waals surface area contributed by atoms with Crippen LogP contribution in [-0.4, -0.2) is 371 Å². The third-order valence-electron chi connectivity index (χ3n) is 25.7. The van der Waals surface area contributed by atoms with Gasteiger partial charge in [0.15, 0.2) is 0 Å². The maximum absolute atomic E-state index is 12.8. The number of amides is 3. The molecule has 0 aliphatic carbocycles. The number of Topliss-reactive ketones (excluding diaryl/α,β-unsaturated/α-hetero) is 2. The molecular formula is C104H207N10O24P3. The van der Waals surface area contributed by atoms with Gasteiger partial charge in [-0.05, 0) is 234 Å². The number of likely N-dealkylation sites (tertiary alicyclic amines) is 7. The number of hydrogen-bond donors (Lipinski definition) is 7. The minimum Gasteiger partial charge on any atom is -0.395 e. The van der Waals surface area contributed by atoms with Gasteiger partial charge in [-0.25, -0.2) is 9.13 Å². The number of ether oxygens (including phenoxy) is 7. The Labute approximate surface area is 854 Å². The number of ketones is 2. The van der Waals surface area contributed by atoms with Crippen LogP contribution >= 0.6 is 23.2 Å². The second kappa shape index (κ2) is 67.1. The van der Waals surface area contributed by atoms with Crippen molar-refractivity contribution in [2.75, 3.05) is 112 Å². The van der Waals surface area contributed by atoms with E-state index in [0.717, 1.165) is 77.4 Å². The third kappa shape index (κ3) is 54.9. The number of rotatable bonds is 59. The van der Waals surface area contributed by atoms with Gasteiger partial charge >= 0.3 is 15.6 Å². The van der Waals surface area contributed by atoms with Crippen LogP contribution in [0.4, 0.5) is 0 Å². The van der Waals surface area contributed by atoms with Gasteiger partial charge in [-0.1, -0.05) is 89.5 Å². The Bertz CT molecular complexity index is 3540. The predicted molar refractivity (Wildman–Crippen MR) is 564 cm³/mol. The Hall–Kier alpha value is -2.45. The Kier molecular flexibility index (Phi) is 63.1. The summed E-state index contributed by atoms with van der Waals surface area (Å²) in [5.74, 6) is 2.02. The fraction of sp³-hybridized carbons (Fsp3) is 0.942. The van der Waals surface area contributed by atoms with Crippen molar-refractivity contribution in [1.82, 2.24) is 50.2 Å². The lowest BCUT2D eigenvalue weighted by molar-refractivity contribution is -0.138. The molecule has 0 radical (unpaired) electrons. The first-order valence-electron chi connectivity index (χ1n) is 53.9. The van der Waals surface area contributed by atoms with E-state index >= 15 is 0 Å². The first-order chi connectivity index (χ1) is 65.6. The molecule has 141 heavy (non-hydrogen) atoms. The monoisotopic (exact) mass is 2070 g/mol. The SMILES string of the molecule is C=P(O)(OCC1CC(OC(C)C)CN1C(C)C)OC1CC(CO)N(C(C)C)C1.CC(C)CCC(=O)N1C[C@H](OC(C)C)C[C@H]1COC(C)C.CC(C)CCCC(=O)CC1CC(COC(C)C)N(C(=O)CCNC(C)C)C1.CC(C)NC1CC(COP(=O)(O)OCC(COP(=O)(O)OCC2CC(NC(C)C)CN2C(C)C)OC(C)C)N(C(C)C)C1.CC(C)OC[C@@H]1C[C@@H](OC(C)C)CN1C(=O)CC(=O)C(C)C. The number of carbonyl (C=O) groups excluding carboxylic acids is 5. The smallest absolute Gasteiger partial charge is 0.395 e. The van der Waals surface area contributed by atoms with Gasteiger partial charge in [0.1, 0.15) is 17.7 Å². The zero-order chi connectivity index (χ0) is 107. The van der Waals surface area contributed by atoms with Crippen molar-refractivity contribution < 1.29 is 113 Å². The molecular weight excluding hydrogens is 1870 g/mol. The first-order valence-corrected chi connectivity index (χ1v) is 58.6. The number of aliphatic hydroxyl groups excluding tert-OH is 1. The van der Waals surface area contributed by atoms with Crippen LogP contribution in [0.3, 0.4) is 0 Å². The minimum absolute atomic E-state index is 0.00128. The molecule has 0 aromatic carbocycles. The van der Waals surface area contributed by atoms with E-state index in [0.29, 0.717) is 139 Å². The summed E-state index contributed by atoms with van der Waals surface area (Å²) in [7, 11) is -12.0. The van der Waals surface area contributed by atoms with E-state index in [4.69, 9.17) is 60.3 Å². The summed E-state index contributed by atoms with van der Waals surface area (Å²) in [6.07, 6.45) is 15.0. The molecule has 832 valence electrons. The van der Waals surface area contributed by atoms with Gasteiger partial charge in [-0.15, -0.1) is 0 Å². The summed E-state index contributed by atoms with van der Waals surface area (Å²) in [6.45, 7) is 76.9. The van der Waals surface area contributed by atoms with E-state index in [1.54, 1.807) is 18.7 Å². The lowest BCUT2D eigenvalue weighted by Crippen LogP contribution is -2.40. The van der Waals surface area contributed by atoms with Crippen molar-refractivity contribution in [2.45, 2.75) is 502 Å². The summed E-state index contributed by atoms with van der Waals surface area (Å²) < 4.78 is 99.2. The highest BCUT2D eigenvalue weighted by Crippen LogP contribution is 2.49. The number of carbonyl (C=O) groups is 5. The number of phosphoric acid groups is 2. The van der Waals surface area contributed by atoms with E-state index in [9.17, 15) is 52.9 Å². The Morgan fingerprint density at radius 2 is 0.759 bits per heavy atom. The summed E-state index contributed by atoms with van der Waals surface area (Å²) in [5.41, 5.74) is 0. The summed E-state index contributed by atoms with van der Waals surface area (Å²) >= 11 is 0. The number of phosphoric ester groups is 2. The molecule has 34 nitrogen and oxygen atoms in total. The van der Waals surface area contributed by atoms with Gasteiger partial charge < -0.3 is 92.6 Å². The number of nitrogens with zero attached hydrogens (tertiary/aromatic N) is 7. The Balaban J connectivity index is 0.000000466. The van der Waals surface area contributed by atoms with Crippen LogP contribution in [0.2, 0.25) is 0 Å². The van der Waals surface area contributed by atoms with Crippen molar-refractivity contribution in [1.29, 1.82) is 0 Å². The van der Waals surface area contributed by atoms with Crippen LogP contribution < -0.4 is 16.0 Å². The third-order valence-corrected chi connectivity index (χ3v) is 28.8. The largest absolute Gasteiger partial charge is 0.472 e. The molecule has 0 spiro atoms. The highest BCUT2D eigenvalue weighted by molar-refractivity contribution is 7.58. The molecule has 0 aromatic rings. The molecule has 0 saturated carbocycles. The lowest BCUT2D eigenvalue weighted by atomic mass is 9.96. The molecule has 7 heterocycles. The molecule has 3 amide bonds. The van der Waals surface area contributed by atoms with E-state index < -0.39 is 29.3 Å². The zero-order valence-corrected chi connectivity index (χ0v) is 96.9. The quantitative estimate of drug-likeness (QED) is 0.0220. The normalized spacial score (nSPS) is 25.5. The van der Waals surface area contributed by atoms with Gasteiger partial charge in [0.25, 0.3) is 0 Å².